The van der Waals surface area contributed by atoms with Crippen LogP contribution in [0, 0.1) is 5.82 Å². The van der Waals surface area contributed by atoms with Gasteiger partial charge in [0.05, 0.1) is 23.4 Å². The molecule has 3 rings (SSSR count). The molecule has 0 spiro atoms. The van der Waals surface area contributed by atoms with Crippen molar-refractivity contribution < 1.29 is 9.13 Å². The van der Waals surface area contributed by atoms with E-state index in [2.05, 4.69) is 21.2 Å². The molecule has 0 saturated heterocycles. The van der Waals surface area contributed by atoms with Crippen LogP contribution in [0.3, 0.4) is 0 Å². The van der Waals surface area contributed by atoms with Crippen molar-refractivity contribution in [2.45, 2.75) is 12.5 Å². The Morgan fingerprint density at radius 2 is 2.05 bits per heavy atom. The fourth-order valence-electron chi connectivity index (χ4n) is 2.37. The van der Waals surface area contributed by atoms with E-state index in [1.54, 1.807) is 24.3 Å². The molecule has 1 heterocycles. The van der Waals surface area contributed by atoms with Crippen LogP contribution in [0.15, 0.2) is 34.8 Å². The van der Waals surface area contributed by atoms with Crippen molar-refractivity contribution in [3.05, 3.63) is 56.2 Å². The summed E-state index contributed by atoms with van der Waals surface area (Å²) in [6, 6.07) is 8.26. The van der Waals surface area contributed by atoms with Crippen molar-refractivity contribution in [3.8, 4) is 5.75 Å². The first-order chi connectivity index (χ1) is 10.0. The van der Waals surface area contributed by atoms with Crippen molar-refractivity contribution in [2.75, 3.05) is 11.9 Å². The summed E-state index contributed by atoms with van der Waals surface area (Å²) in [5.74, 6) is 0.299. The van der Waals surface area contributed by atoms with Crippen LogP contribution in [0.4, 0.5) is 10.1 Å². The molecule has 0 aromatic heterocycles. The van der Waals surface area contributed by atoms with Gasteiger partial charge in [-0.1, -0.05) is 39.1 Å². The van der Waals surface area contributed by atoms with E-state index in [4.69, 9.17) is 27.9 Å². The van der Waals surface area contributed by atoms with E-state index in [0.29, 0.717) is 39.0 Å². The fourth-order valence-corrected chi connectivity index (χ4v) is 3.27. The predicted molar refractivity (Wildman–Crippen MR) is 87.0 cm³/mol. The maximum absolute atomic E-state index is 14.0. The molecule has 2 aromatic carbocycles. The first-order valence-corrected chi connectivity index (χ1v) is 7.93. The summed E-state index contributed by atoms with van der Waals surface area (Å²) in [6.07, 6.45) is 0.708. The van der Waals surface area contributed by atoms with Gasteiger partial charge in [0.2, 0.25) is 0 Å². The molecule has 0 saturated carbocycles. The number of ether oxygens (including phenoxy) is 1. The second-order valence-electron chi connectivity index (χ2n) is 4.76. The Balaban J connectivity index is 1.95. The summed E-state index contributed by atoms with van der Waals surface area (Å²) in [6.45, 7) is 0.518. The molecule has 1 aliphatic heterocycles. The molecule has 21 heavy (non-hydrogen) atoms. The molecule has 0 aliphatic carbocycles. The van der Waals surface area contributed by atoms with E-state index in [9.17, 15) is 4.39 Å². The molecule has 0 radical (unpaired) electrons. The summed E-state index contributed by atoms with van der Waals surface area (Å²) in [7, 11) is 0. The maximum atomic E-state index is 14.0. The Morgan fingerprint density at radius 1 is 1.24 bits per heavy atom. The quantitative estimate of drug-likeness (QED) is 0.696. The maximum Gasteiger partial charge on any atom is 0.147 e. The molecule has 2 aromatic rings. The van der Waals surface area contributed by atoms with Crippen LogP contribution in [0.1, 0.15) is 18.0 Å². The minimum absolute atomic E-state index is 0.0966. The molecule has 2 nitrogen and oxygen atoms in total. The average molecular weight is 391 g/mol. The molecule has 1 aliphatic rings. The standard InChI is InChI=1S/C15H11BrCl2FNO/c16-8-1-2-14(12(19)5-8)20-13-3-4-21-15-10(13)6-9(17)7-11(15)18/h1-2,5-7,13,20H,3-4H2. The number of benzene rings is 2. The lowest BCUT2D eigenvalue weighted by Crippen LogP contribution is -2.21. The van der Waals surface area contributed by atoms with E-state index in [1.165, 1.54) is 6.07 Å². The van der Waals surface area contributed by atoms with Crippen molar-refractivity contribution in [2.24, 2.45) is 0 Å². The van der Waals surface area contributed by atoms with Gasteiger partial charge in [-0.05, 0) is 30.3 Å². The van der Waals surface area contributed by atoms with Crippen molar-refractivity contribution in [1.82, 2.24) is 0 Å². The summed E-state index contributed by atoms with van der Waals surface area (Å²) in [5.41, 5.74) is 1.29. The molecule has 6 heteroatoms. The molecule has 0 fully saturated rings. The van der Waals surface area contributed by atoms with Crippen LogP contribution >= 0.6 is 39.1 Å². The van der Waals surface area contributed by atoms with Crippen molar-refractivity contribution in [1.29, 1.82) is 0 Å². The monoisotopic (exact) mass is 389 g/mol. The lowest BCUT2D eigenvalue weighted by Gasteiger charge is -2.28. The van der Waals surface area contributed by atoms with E-state index >= 15 is 0 Å². The largest absolute Gasteiger partial charge is 0.492 e. The van der Waals surface area contributed by atoms with Crippen molar-refractivity contribution >= 4 is 44.8 Å². The SMILES string of the molecule is Fc1cc(Br)ccc1NC1CCOc2c(Cl)cc(Cl)cc21. The molecule has 1 atom stereocenters. The van der Waals surface area contributed by atoms with Crippen LogP contribution < -0.4 is 10.1 Å². The van der Waals surface area contributed by atoms with Gasteiger partial charge in [-0.25, -0.2) is 4.39 Å². The number of rotatable bonds is 2. The van der Waals surface area contributed by atoms with E-state index in [0.717, 1.165) is 5.56 Å². The lowest BCUT2D eigenvalue weighted by atomic mass is 10.00. The predicted octanol–water partition coefficient (Wildman–Crippen LogP) is 5.83. The second kappa shape index (κ2) is 6.03. The van der Waals surface area contributed by atoms with Gasteiger partial charge in [-0.2, -0.15) is 0 Å². The fraction of sp³-hybridized carbons (Fsp3) is 0.200. The molecule has 0 amide bonds. The normalized spacial score (nSPS) is 17.0. The molecular formula is C15H11BrCl2FNO. The van der Waals surface area contributed by atoms with Gasteiger partial charge < -0.3 is 10.1 Å². The zero-order valence-electron chi connectivity index (χ0n) is 10.8. The van der Waals surface area contributed by atoms with E-state index < -0.39 is 0 Å². The number of nitrogens with one attached hydrogen (secondary N) is 1. The Bertz CT molecular complexity index is 696. The average Bonchev–Trinajstić information content (AvgIpc) is 2.42. The van der Waals surface area contributed by atoms with Crippen LogP contribution in [-0.4, -0.2) is 6.61 Å². The van der Waals surface area contributed by atoms with Gasteiger partial charge in [-0.3, -0.25) is 0 Å². The minimum atomic E-state index is -0.314. The number of anilines is 1. The summed E-state index contributed by atoms with van der Waals surface area (Å²) in [4.78, 5) is 0. The molecule has 1 unspecified atom stereocenters. The van der Waals surface area contributed by atoms with Crippen molar-refractivity contribution in [3.63, 3.8) is 0 Å². The Morgan fingerprint density at radius 3 is 2.81 bits per heavy atom. The first kappa shape index (κ1) is 14.9. The Kier molecular flexibility index (Phi) is 4.29. The van der Waals surface area contributed by atoms with Crippen LogP contribution in [0.25, 0.3) is 0 Å². The first-order valence-electron chi connectivity index (χ1n) is 6.38. The number of fused-ring (bicyclic) bond motifs is 1. The second-order valence-corrected chi connectivity index (χ2v) is 6.52. The summed E-state index contributed by atoms with van der Waals surface area (Å²) >= 11 is 15.4. The molecule has 110 valence electrons. The van der Waals surface area contributed by atoms with Crippen LogP contribution in [-0.2, 0) is 0 Å². The van der Waals surface area contributed by atoms with E-state index in [-0.39, 0.29) is 11.9 Å². The van der Waals surface area contributed by atoms with Gasteiger partial charge in [0.1, 0.15) is 11.6 Å². The third-order valence-electron chi connectivity index (χ3n) is 3.33. The highest BCUT2D eigenvalue weighted by molar-refractivity contribution is 9.10. The molecule has 1 N–H and O–H groups in total. The lowest BCUT2D eigenvalue weighted by molar-refractivity contribution is 0.274. The molecular weight excluding hydrogens is 380 g/mol. The van der Waals surface area contributed by atoms with Gasteiger partial charge in [0.25, 0.3) is 0 Å². The zero-order valence-corrected chi connectivity index (χ0v) is 13.9. The smallest absolute Gasteiger partial charge is 0.147 e. The highest BCUT2D eigenvalue weighted by Crippen LogP contribution is 2.41. The van der Waals surface area contributed by atoms with Gasteiger partial charge in [0, 0.05) is 21.5 Å². The Hall–Kier alpha value is -0.970. The van der Waals surface area contributed by atoms with Gasteiger partial charge in [-0.15, -0.1) is 0 Å². The van der Waals surface area contributed by atoms with Gasteiger partial charge in [0.15, 0.2) is 0 Å². The third kappa shape index (κ3) is 3.12. The Labute approximate surface area is 140 Å². The highest BCUT2D eigenvalue weighted by Gasteiger charge is 2.25. The number of hydrogen-bond acceptors (Lipinski definition) is 2. The highest BCUT2D eigenvalue weighted by atomic mass is 79.9. The van der Waals surface area contributed by atoms with Gasteiger partial charge >= 0.3 is 0 Å². The third-order valence-corrected chi connectivity index (χ3v) is 4.32. The topological polar surface area (TPSA) is 21.3 Å². The van der Waals surface area contributed by atoms with Crippen LogP contribution in [0.5, 0.6) is 5.75 Å². The summed E-state index contributed by atoms with van der Waals surface area (Å²) < 4.78 is 20.3. The zero-order chi connectivity index (χ0) is 15.0. The van der Waals surface area contributed by atoms with Crippen LogP contribution in [0.2, 0.25) is 10.0 Å². The number of hydrogen-bond donors (Lipinski definition) is 1. The number of halogens is 4. The van der Waals surface area contributed by atoms with E-state index in [1.807, 2.05) is 0 Å². The minimum Gasteiger partial charge on any atom is -0.492 e. The summed E-state index contributed by atoms with van der Waals surface area (Å²) in [5, 5.41) is 4.20. The molecule has 0 bridgehead atoms.